The number of amides is 1. The molecule has 0 aromatic heterocycles. The number of phosphoric ester groups is 1. The molecule has 512 valence electrons. The largest absolute Gasteiger partial charge is 0.472 e. The summed E-state index contributed by atoms with van der Waals surface area (Å²) in [5, 5.41) is 2.58. The molecule has 2 N–H and O–H groups in total. The van der Waals surface area contributed by atoms with E-state index in [1.165, 1.54) is 72.8 Å². The van der Waals surface area contributed by atoms with Gasteiger partial charge in [-0.1, -0.05) is 157 Å². The molecule has 0 radical (unpaired) electrons. The molecule has 0 bridgehead atoms. The number of hydrogen-bond donors (Lipinski definition) is 2. The summed E-state index contributed by atoms with van der Waals surface area (Å²) in [5.74, 6) is -5.96. The Bertz CT molecular complexity index is 3530. The lowest BCUT2D eigenvalue weighted by Crippen LogP contribution is -2.65. The summed E-state index contributed by atoms with van der Waals surface area (Å²) >= 11 is 17.1. The molecule has 2 saturated heterocycles. The molecule has 0 spiro atoms. The first-order chi connectivity index (χ1) is 46.0. The zero-order valence-corrected chi connectivity index (χ0v) is 55.6. The van der Waals surface area contributed by atoms with Gasteiger partial charge < -0.3 is 66.8 Å². The van der Waals surface area contributed by atoms with Crippen LogP contribution < -0.4 is 5.32 Å². The minimum Gasteiger partial charge on any atom is -0.452 e. The average Bonchev–Trinajstić information content (AvgIpc) is 0.783. The van der Waals surface area contributed by atoms with Crippen molar-refractivity contribution in [2.75, 3.05) is 67.3 Å². The van der Waals surface area contributed by atoms with E-state index in [2.05, 4.69) is 5.32 Å². The van der Waals surface area contributed by atoms with Gasteiger partial charge in [-0.25, -0.2) is 38.1 Å². The number of ether oxygens (including phenoxy) is 11. The fourth-order valence-corrected chi connectivity index (χ4v) is 10.6. The van der Waals surface area contributed by atoms with Gasteiger partial charge in [0.15, 0.2) is 49.2 Å². The third kappa shape index (κ3) is 23.2. The van der Waals surface area contributed by atoms with E-state index in [1.54, 1.807) is 109 Å². The fraction of sp³-hybridized carbons (Fsp3) is 0.368. The number of alkyl halides is 3. The van der Waals surface area contributed by atoms with Gasteiger partial charge in [0, 0.05) is 13.2 Å². The second kappa shape index (κ2) is 36.0. The molecule has 96 heavy (non-hydrogen) atoms. The van der Waals surface area contributed by atoms with Crippen LogP contribution in [0.25, 0.3) is 0 Å². The monoisotopic (exact) mass is 1410 g/mol. The quantitative estimate of drug-likeness (QED) is 0.0102. The predicted octanol–water partition coefficient (Wildman–Crippen LogP) is 10.3. The highest BCUT2D eigenvalue weighted by Gasteiger charge is 2.57. The number of halogens is 3. The van der Waals surface area contributed by atoms with Crippen LogP contribution in [0.5, 0.6) is 0 Å². The summed E-state index contributed by atoms with van der Waals surface area (Å²) < 4.78 is 92.2. The van der Waals surface area contributed by atoms with E-state index in [9.17, 15) is 43.0 Å². The Kier molecular flexibility index (Phi) is 27.7. The highest BCUT2D eigenvalue weighted by Crippen LogP contribution is 2.45. The Balaban J connectivity index is 1.20. The second-order valence-corrected chi connectivity index (χ2v) is 26.8. The summed E-state index contributed by atoms with van der Waals surface area (Å²) in [5.41, 5.74) is 0.0771. The molecule has 2 aliphatic rings. The van der Waals surface area contributed by atoms with Gasteiger partial charge in [-0.3, -0.25) is 9.05 Å². The van der Waals surface area contributed by atoms with Gasteiger partial charge in [-0.05, 0) is 85.6 Å². The number of nitrogens with one attached hydrogen (secondary N) is 1. The first-order valence-electron chi connectivity index (χ1n) is 30.5. The van der Waals surface area contributed by atoms with Gasteiger partial charge in [0.25, 0.3) is 0 Å². The normalized spacial score (nSPS) is 21.6. The minimum atomic E-state index is -5.01. The van der Waals surface area contributed by atoms with E-state index < -0.39 is 135 Å². The van der Waals surface area contributed by atoms with Crippen LogP contribution in [0.4, 0.5) is 4.79 Å². The molecule has 1 amide bonds. The van der Waals surface area contributed by atoms with Crippen LogP contribution in [0.3, 0.4) is 0 Å². The maximum Gasteiger partial charge on any atom is 0.472 e. The minimum absolute atomic E-state index is 0.00243. The summed E-state index contributed by atoms with van der Waals surface area (Å²) in [6.45, 7) is -2.16. The highest BCUT2D eigenvalue weighted by atomic mass is 35.6. The zero-order chi connectivity index (χ0) is 68.7. The molecular formula is C68H73Cl3N2O22P+. The molecule has 28 heteroatoms. The molecule has 24 nitrogen and oxygen atoms in total. The van der Waals surface area contributed by atoms with Crippen molar-refractivity contribution < 1.29 is 109 Å². The Hall–Kier alpha value is -7.81. The van der Waals surface area contributed by atoms with Crippen molar-refractivity contribution in [1.29, 1.82) is 0 Å². The molecule has 0 saturated carbocycles. The Morgan fingerprint density at radius 1 is 0.448 bits per heavy atom. The van der Waals surface area contributed by atoms with Gasteiger partial charge in [-0.15, -0.1) is 0 Å². The smallest absolute Gasteiger partial charge is 0.452 e. The van der Waals surface area contributed by atoms with Crippen LogP contribution in [0, 0.1) is 0 Å². The van der Waals surface area contributed by atoms with E-state index in [4.69, 9.17) is 96.0 Å². The summed E-state index contributed by atoms with van der Waals surface area (Å²) in [6.07, 6.45) is -17.3. The van der Waals surface area contributed by atoms with Gasteiger partial charge in [0.1, 0.15) is 32.0 Å². The summed E-state index contributed by atoms with van der Waals surface area (Å²) in [7, 11) is 0.481. The van der Waals surface area contributed by atoms with Crippen molar-refractivity contribution in [2.24, 2.45) is 0 Å². The topological polar surface area (TPSA) is 289 Å². The van der Waals surface area contributed by atoms with E-state index in [0.29, 0.717) is 30.2 Å². The lowest BCUT2D eigenvalue weighted by Gasteiger charge is -2.46. The Labute approximate surface area is 569 Å². The van der Waals surface area contributed by atoms with E-state index in [1.807, 2.05) is 21.1 Å². The number of quaternary nitrogens is 1. The maximum absolute atomic E-state index is 14.5. The lowest BCUT2D eigenvalue weighted by molar-refractivity contribution is -0.870. The summed E-state index contributed by atoms with van der Waals surface area (Å²) in [4.78, 5) is 110. The number of esters is 6. The van der Waals surface area contributed by atoms with E-state index in [-0.39, 0.29) is 59.7 Å². The SMILES string of the molecule is C[N+](C)(C)CCOP(=O)(O)OC[C@H]1O[C@@H](OC[C@H]2O[C@@H](OCCCCCCNC(=O)OCC(Cl)(Cl)Cl)[C@H](OC(=O)c3ccccc3)[C@@H](OC(=O)c3ccccc3)[C@H]2OC(=O)c2ccccc2)[C@H](OC(=O)c2ccccc2)[C@@H](OC(=O)c2ccccc2)[C@H]1OC(=O)c1ccccc1. The third-order valence-electron chi connectivity index (χ3n) is 14.5. The number of hydrogen-bond acceptors (Lipinski definition) is 21. The number of phosphoric acid groups is 1. The Morgan fingerprint density at radius 3 is 1.15 bits per heavy atom. The van der Waals surface area contributed by atoms with Crippen molar-refractivity contribution in [1.82, 2.24) is 5.32 Å². The van der Waals surface area contributed by atoms with Crippen LogP contribution >= 0.6 is 42.6 Å². The number of rotatable bonds is 31. The van der Waals surface area contributed by atoms with Crippen molar-refractivity contribution in [3.05, 3.63) is 215 Å². The number of carbonyl (C=O) groups excluding carboxylic acids is 7. The van der Waals surface area contributed by atoms with Gasteiger partial charge >= 0.3 is 49.7 Å². The Morgan fingerprint density at radius 2 is 0.781 bits per heavy atom. The van der Waals surface area contributed by atoms with Crippen LogP contribution in [-0.4, -0.2) is 184 Å². The number of alkyl carbamates (subject to hydrolysis) is 1. The number of likely N-dealkylation sites (N-methyl/N-ethyl adjacent to an activating group) is 1. The van der Waals surface area contributed by atoms with Crippen LogP contribution in [0.1, 0.15) is 87.8 Å². The molecule has 0 aliphatic carbocycles. The number of nitrogens with zero attached hydrogens (tertiary/aromatic N) is 1. The number of unbranched alkanes of at least 4 members (excludes halogenated alkanes) is 3. The fourth-order valence-electron chi connectivity index (χ4n) is 9.69. The molecule has 1 unspecified atom stereocenters. The van der Waals surface area contributed by atoms with Crippen molar-refractivity contribution >= 4 is 84.5 Å². The summed E-state index contributed by atoms with van der Waals surface area (Å²) in [6, 6.07) is 46.2. The van der Waals surface area contributed by atoms with E-state index >= 15 is 0 Å². The van der Waals surface area contributed by atoms with Crippen LogP contribution in [0.2, 0.25) is 0 Å². The maximum atomic E-state index is 14.5. The molecule has 8 rings (SSSR count). The van der Waals surface area contributed by atoms with Crippen LogP contribution in [0.15, 0.2) is 182 Å². The predicted molar refractivity (Wildman–Crippen MR) is 346 cm³/mol. The first-order valence-corrected chi connectivity index (χ1v) is 33.1. The second-order valence-electron chi connectivity index (χ2n) is 22.8. The lowest BCUT2D eigenvalue weighted by atomic mass is 9.96. The van der Waals surface area contributed by atoms with Crippen molar-refractivity contribution in [2.45, 2.75) is 90.9 Å². The third-order valence-corrected chi connectivity index (χ3v) is 15.8. The van der Waals surface area contributed by atoms with Crippen molar-refractivity contribution in [3.63, 3.8) is 0 Å². The standard InChI is InChI=1S/C68H72Cl3N2O22P/c1-73(2,3)39-41-86-96(81,82)87-43-52-54(91-60(75)46-28-14-7-15-29-46)56(93-62(77)48-32-18-9-19-33-48)58(95-64(79)50-36-22-11-23-37-50)66(89-52)84-42-51-53(90-59(74)45-26-12-6-13-27-45)55(92-61(76)47-30-16-8-17-31-47)57(94-63(78)49-34-20-10-21-35-49)65(88-51)83-40-25-5-4-24-38-72-67(80)85-44-68(69,70)71/h6-23,26-37,51-58,65-66H,4-5,24-25,38-44H2,1-3H3,(H-,72,80,81,82)/p+1/t51-,52-,53+,54+,55+,56+,57-,58-,65-,66-/m1/s1. The first kappa shape index (κ1) is 74.0. The number of carbonyl (C=O) groups is 7. The highest BCUT2D eigenvalue weighted by molar-refractivity contribution is 7.47. The zero-order valence-electron chi connectivity index (χ0n) is 52.4. The van der Waals surface area contributed by atoms with Crippen LogP contribution in [-0.2, 0) is 65.7 Å². The molecule has 2 heterocycles. The molecule has 6 aromatic carbocycles. The average molecular weight is 1410 g/mol. The van der Waals surface area contributed by atoms with Crippen molar-refractivity contribution in [3.8, 4) is 0 Å². The van der Waals surface area contributed by atoms with Gasteiger partial charge in [-0.2, -0.15) is 0 Å². The molecular weight excluding hydrogens is 1330 g/mol. The van der Waals surface area contributed by atoms with E-state index in [0.717, 1.165) is 0 Å². The molecule has 2 fully saturated rings. The molecule has 2 aliphatic heterocycles. The molecule has 6 aromatic rings. The molecule has 11 atom stereocenters. The van der Waals surface area contributed by atoms with Gasteiger partial charge in [0.05, 0.1) is 67.7 Å². The number of benzene rings is 6. The van der Waals surface area contributed by atoms with Gasteiger partial charge in [0.2, 0.25) is 3.79 Å².